The molecule has 0 aromatic carbocycles. The third-order valence-electron chi connectivity index (χ3n) is 4.30. The summed E-state index contributed by atoms with van der Waals surface area (Å²) in [4.78, 5) is 12.3. The monoisotopic (exact) mass is 287 g/mol. The van der Waals surface area contributed by atoms with E-state index in [1.807, 2.05) is 13.8 Å². The summed E-state index contributed by atoms with van der Waals surface area (Å²) in [6.07, 6.45) is 7.74. The van der Waals surface area contributed by atoms with Crippen LogP contribution < -0.4 is 5.73 Å². The van der Waals surface area contributed by atoms with Gasteiger partial charge in [0.25, 0.3) is 0 Å². The second-order valence-electron chi connectivity index (χ2n) is 5.26. The Morgan fingerprint density at radius 2 is 2.29 bits per heavy atom. The van der Waals surface area contributed by atoms with Crippen molar-refractivity contribution in [3.05, 3.63) is 12.7 Å². The van der Waals surface area contributed by atoms with E-state index < -0.39 is 17.9 Å². The van der Waals surface area contributed by atoms with Gasteiger partial charge in [0.2, 0.25) is 0 Å². The van der Waals surface area contributed by atoms with Crippen molar-refractivity contribution in [2.45, 2.75) is 38.2 Å². The van der Waals surface area contributed by atoms with Crippen molar-refractivity contribution in [3.63, 3.8) is 0 Å². The average molecular weight is 287 g/mol. The van der Waals surface area contributed by atoms with Gasteiger partial charge in [0, 0.05) is 5.92 Å². The molecule has 2 aromatic rings. The van der Waals surface area contributed by atoms with Crippen LogP contribution in [0.2, 0.25) is 0 Å². The van der Waals surface area contributed by atoms with Crippen molar-refractivity contribution in [1.29, 1.82) is 0 Å². The number of rotatable bonds is 2. The normalized spacial score (nSPS) is 32.4. The lowest BCUT2D eigenvalue weighted by Gasteiger charge is -2.25. The van der Waals surface area contributed by atoms with Crippen LogP contribution in [0.4, 0.5) is 5.82 Å². The molecular weight excluding hydrogens is 270 g/mol. The topological polar surface area (TPSA) is 99.1 Å². The summed E-state index contributed by atoms with van der Waals surface area (Å²) < 4.78 is 7.66. The number of terminal acetylenes is 1. The number of aliphatic hydroxyl groups excluding tert-OH is 1. The van der Waals surface area contributed by atoms with Crippen molar-refractivity contribution in [2.75, 3.05) is 5.73 Å². The van der Waals surface area contributed by atoms with Gasteiger partial charge in [0.1, 0.15) is 23.5 Å². The second-order valence-corrected chi connectivity index (χ2v) is 5.26. The highest BCUT2D eigenvalue weighted by atomic mass is 16.5. The summed E-state index contributed by atoms with van der Waals surface area (Å²) in [5.41, 5.74) is 5.98. The largest absolute Gasteiger partial charge is 0.388 e. The van der Waals surface area contributed by atoms with Crippen LogP contribution in [-0.2, 0) is 4.74 Å². The van der Waals surface area contributed by atoms with Gasteiger partial charge >= 0.3 is 0 Å². The van der Waals surface area contributed by atoms with Gasteiger partial charge in [-0.3, -0.25) is 4.57 Å². The van der Waals surface area contributed by atoms with Gasteiger partial charge in [0.05, 0.1) is 6.33 Å². The molecule has 2 aromatic heterocycles. The Morgan fingerprint density at radius 3 is 2.90 bits per heavy atom. The van der Waals surface area contributed by atoms with Crippen LogP contribution in [0.5, 0.6) is 0 Å². The van der Waals surface area contributed by atoms with Crippen molar-refractivity contribution >= 4 is 17.0 Å². The summed E-state index contributed by atoms with van der Waals surface area (Å²) >= 11 is 0. The van der Waals surface area contributed by atoms with Crippen LogP contribution in [0.15, 0.2) is 12.7 Å². The molecule has 3 N–H and O–H groups in total. The van der Waals surface area contributed by atoms with E-state index in [2.05, 4.69) is 20.9 Å². The zero-order valence-corrected chi connectivity index (χ0v) is 11.9. The molecule has 3 heterocycles. The Bertz CT molecular complexity index is 722. The molecule has 21 heavy (non-hydrogen) atoms. The van der Waals surface area contributed by atoms with E-state index >= 15 is 0 Å². The minimum atomic E-state index is -0.792. The Labute approximate surface area is 122 Å². The number of hydrogen-bond donors (Lipinski definition) is 2. The second kappa shape index (κ2) is 4.69. The summed E-state index contributed by atoms with van der Waals surface area (Å²) in [6.45, 7) is 3.83. The fourth-order valence-corrected chi connectivity index (χ4v) is 2.87. The Morgan fingerprint density at radius 1 is 1.52 bits per heavy atom. The van der Waals surface area contributed by atoms with Gasteiger partial charge in [0.15, 0.2) is 17.7 Å². The van der Waals surface area contributed by atoms with E-state index in [1.54, 1.807) is 10.9 Å². The Hall–Kier alpha value is -2.17. The highest BCUT2D eigenvalue weighted by molar-refractivity contribution is 5.81. The maximum absolute atomic E-state index is 10.5. The maximum Gasteiger partial charge on any atom is 0.167 e. The van der Waals surface area contributed by atoms with E-state index in [4.69, 9.17) is 16.9 Å². The summed E-state index contributed by atoms with van der Waals surface area (Å²) in [6, 6.07) is 0. The maximum atomic E-state index is 10.5. The zero-order chi connectivity index (χ0) is 15.2. The first-order valence-corrected chi connectivity index (χ1v) is 6.80. The molecule has 1 aliphatic rings. The van der Waals surface area contributed by atoms with Crippen LogP contribution in [0.1, 0.15) is 26.5 Å². The highest BCUT2D eigenvalue weighted by Crippen LogP contribution is 2.43. The molecule has 1 unspecified atom stereocenters. The zero-order valence-electron chi connectivity index (χ0n) is 11.9. The average Bonchev–Trinajstić information content (AvgIpc) is 3.02. The minimum Gasteiger partial charge on any atom is -0.388 e. The van der Waals surface area contributed by atoms with E-state index in [0.717, 1.165) is 0 Å². The Balaban J connectivity index is 2.08. The fourth-order valence-electron chi connectivity index (χ4n) is 2.87. The number of aliphatic hydroxyl groups is 1. The number of nitrogens with two attached hydrogens (primary N) is 1. The van der Waals surface area contributed by atoms with Crippen LogP contribution in [0.3, 0.4) is 0 Å². The van der Waals surface area contributed by atoms with Crippen LogP contribution in [-0.4, -0.2) is 36.3 Å². The molecule has 3 rings (SSSR count). The van der Waals surface area contributed by atoms with Gasteiger partial charge < -0.3 is 15.6 Å². The van der Waals surface area contributed by atoms with E-state index in [0.29, 0.717) is 17.6 Å². The first kappa shape index (κ1) is 13.8. The minimum absolute atomic E-state index is 0.200. The molecule has 4 atom stereocenters. The molecule has 1 saturated heterocycles. The van der Waals surface area contributed by atoms with Crippen molar-refractivity contribution < 1.29 is 9.84 Å². The molecule has 0 bridgehead atoms. The van der Waals surface area contributed by atoms with Gasteiger partial charge in [-0.05, 0) is 6.42 Å². The van der Waals surface area contributed by atoms with E-state index in [1.165, 1.54) is 6.33 Å². The number of fused-ring (bicyclic) bond motifs is 1. The molecule has 1 fully saturated rings. The van der Waals surface area contributed by atoms with Gasteiger partial charge in [-0.1, -0.05) is 19.8 Å². The summed E-state index contributed by atoms with van der Waals surface area (Å²) in [7, 11) is 0. The van der Waals surface area contributed by atoms with Gasteiger partial charge in [-0.15, -0.1) is 6.42 Å². The molecule has 7 heteroatoms. The Kier molecular flexibility index (Phi) is 3.08. The molecule has 0 saturated carbocycles. The summed E-state index contributed by atoms with van der Waals surface area (Å²) in [5, 5.41) is 10.5. The van der Waals surface area contributed by atoms with E-state index in [-0.39, 0.29) is 11.7 Å². The third-order valence-corrected chi connectivity index (χ3v) is 4.30. The SMILES string of the molecule is C#C[C@]1(CC)O[C@@H](n2cnc3c(N)ncnc32)[C@@H](O)C1C. The number of nitrogen functional groups attached to an aromatic ring is 1. The summed E-state index contributed by atoms with van der Waals surface area (Å²) in [5.74, 6) is 2.78. The molecule has 110 valence electrons. The number of imidazole rings is 1. The molecule has 1 aliphatic heterocycles. The highest BCUT2D eigenvalue weighted by Gasteiger charge is 2.51. The standard InChI is InChI=1S/C14H17N5O2/c1-4-14(5-2)8(3)10(20)13(21-14)19-7-18-9-11(15)16-6-17-12(9)19/h1,6-8,10,13,20H,5H2,2-3H3,(H2,15,16,17)/t8?,10-,13+,14+/m0/s1. The molecular formula is C14H17N5O2. The lowest BCUT2D eigenvalue weighted by Crippen LogP contribution is -2.34. The van der Waals surface area contributed by atoms with Crippen LogP contribution >= 0.6 is 0 Å². The number of aromatic nitrogens is 4. The molecule has 7 nitrogen and oxygen atoms in total. The van der Waals surface area contributed by atoms with Crippen molar-refractivity contribution in [2.24, 2.45) is 5.92 Å². The van der Waals surface area contributed by atoms with Crippen molar-refractivity contribution in [1.82, 2.24) is 19.5 Å². The lowest BCUT2D eigenvalue weighted by molar-refractivity contribution is -0.0636. The van der Waals surface area contributed by atoms with Gasteiger partial charge in [-0.25, -0.2) is 15.0 Å². The number of anilines is 1. The quantitative estimate of drug-likeness (QED) is 0.789. The third kappa shape index (κ3) is 1.80. The molecule has 0 spiro atoms. The van der Waals surface area contributed by atoms with Gasteiger partial charge in [-0.2, -0.15) is 0 Å². The lowest BCUT2D eigenvalue weighted by atomic mass is 9.85. The van der Waals surface area contributed by atoms with Crippen LogP contribution in [0.25, 0.3) is 11.2 Å². The molecule has 0 amide bonds. The van der Waals surface area contributed by atoms with Crippen molar-refractivity contribution in [3.8, 4) is 12.3 Å². The predicted molar refractivity (Wildman–Crippen MR) is 76.9 cm³/mol. The fraction of sp³-hybridized carbons (Fsp3) is 0.500. The van der Waals surface area contributed by atoms with Crippen LogP contribution in [0, 0.1) is 18.3 Å². The number of hydrogen-bond acceptors (Lipinski definition) is 6. The molecule has 0 aliphatic carbocycles. The smallest absolute Gasteiger partial charge is 0.167 e. The number of ether oxygens (including phenoxy) is 1. The first-order valence-electron chi connectivity index (χ1n) is 6.80. The van der Waals surface area contributed by atoms with E-state index in [9.17, 15) is 5.11 Å². The molecule has 0 radical (unpaired) electrons. The first-order chi connectivity index (χ1) is 10.0. The number of nitrogens with zero attached hydrogens (tertiary/aromatic N) is 4. The predicted octanol–water partition coefficient (Wildman–Crippen LogP) is 0.716.